The lowest BCUT2D eigenvalue weighted by Crippen LogP contribution is -2.21. The molecule has 0 radical (unpaired) electrons. The molecular weight excluding hydrogens is 390 g/mol. The Balaban J connectivity index is 1.47. The molecule has 8 heteroatoms. The summed E-state index contributed by atoms with van der Waals surface area (Å²) in [6.07, 6.45) is 1.55. The Bertz CT molecular complexity index is 1280. The van der Waals surface area contributed by atoms with Gasteiger partial charge in [-0.15, -0.1) is 5.10 Å². The van der Waals surface area contributed by atoms with Gasteiger partial charge in [-0.1, -0.05) is 0 Å². The number of nitrogens with one attached hydrogen (secondary N) is 2. The summed E-state index contributed by atoms with van der Waals surface area (Å²) in [5.74, 6) is 1.39. The van der Waals surface area contributed by atoms with Gasteiger partial charge in [-0.2, -0.15) is 5.10 Å². The SMILES string of the molecule is N=C(N)c1ccc2[nH]c(-c3ccc(Oc4ccc(/C=N/N=C(N)N)cc4)cc3)cc2c1. The summed E-state index contributed by atoms with van der Waals surface area (Å²) in [5, 5.41) is 15.9. The number of amidine groups is 1. The van der Waals surface area contributed by atoms with E-state index >= 15 is 0 Å². The number of hydrogen-bond acceptors (Lipinski definition) is 4. The van der Waals surface area contributed by atoms with Crippen molar-refractivity contribution in [1.82, 2.24) is 4.98 Å². The minimum atomic E-state index is -0.0899. The first-order chi connectivity index (χ1) is 15.0. The molecule has 0 aliphatic carbocycles. The maximum atomic E-state index is 7.59. The monoisotopic (exact) mass is 411 g/mol. The maximum Gasteiger partial charge on any atom is 0.211 e. The largest absolute Gasteiger partial charge is 0.457 e. The van der Waals surface area contributed by atoms with Gasteiger partial charge in [-0.25, -0.2) is 0 Å². The Kier molecular flexibility index (Phi) is 5.35. The smallest absolute Gasteiger partial charge is 0.211 e. The van der Waals surface area contributed by atoms with Crippen LogP contribution >= 0.6 is 0 Å². The van der Waals surface area contributed by atoms with Gasteiger partial charge < -0.3 is 26.9 Å². The molecule has 0 bridgehead atoms. The van der Waals surface area contributed by atoms with Crippen molar-refractivity contribution in [2.75, 3.05) is 0 Å². The number of aromatic nitrogens is 1. The van der Waals surface area contributed by atoms with Crippen LogP contribution in [0.4, 0.5) is 0 Å². The third-order valence-electron chi connectivity index (χ3n) is 4.59. The Labute approximate surface area is 178 Å². The molecule has 0 aliphatic heterocycles. The van der Waals surface area contributed by atoms with E-state index in [9.17, 15) is 0 Å². The van der Waals surface area contributed by atoms with Crippen LogP contribution in [0.1, 0.15) is 11.1 Å². The Hall–Kier alpha value is -4.59. The van der Waals surface area contributed by atoms with E-state index in [1.54, 1.807) is 6.21 Å². The standard InChI is InChI=1S/C23H21N7O/c24-22(25)16-5-10-20-17(11-16)12-21(29-20)15-3-8-19(9-4-15)31-18-6-1-14(2-7-18)13-28-30-23(26)27/h1-13,29H,(H3,24,25)(H4,26,27,30)/b28-13+. The summed E-state index contributed by atoms with van der Waals surface area (Å²) in [4.78, 5) is 3.39. The van der Waals surface area contributed by atoms with Gasteiger partial charge in [0.2, 0.25) is 5.96 Å². The van der Waals surface area contributed by atoms with Gasteiger partial charge in [0.1, 0.15) is 17.3 Å². The highest BCUT2D eigenvalue weighted by Gasteiger charge is 2.06. The van der Waals surface area contributed by atoms with Gasteiger partial charge in [0, 0.05) is 22.2 Å². The molecule has 1 aromatic heterocycles. The van der Waals surface area contributed by atoms with Gasteiger partial charge in [0.25, 0.3) is 0 Å². The molecule has 0 unspecified atom stereocenters. The fourth-order valence-corrected chi connectivity index (χ4v) is 3.08. The highest BCUT2D eigenvalue weighted by Crippen LogP contribution is 2.28. The number of guanidine groups is 1. The third-order valence-corrected chi connectivity index (χ3v) is 4.59. The summed E-state index contributed by atoms with van der Waals surface area (Å²) in [6.45, 7) is 0. The van der Waals surface area contributed by atoms with Crippen LogP contribution in [-0.4, -0.2) is 23.0 Å². The van der Waals surface area contributed by atoms with Crippen LogP contribution in [0.25, 0.3) is 22.2 Å². The van der Waals surface area contributed by atoms with Crippen molar-refractivity contribution in [1.29, 1.82) is 5.41 Å². The number of aromatic amines is 1. The van der Waals surface area contributed by atoms with Crippen LogP contribution in [0.3, 0.4) is 0 Å². The fourth-order valence-electron chi connectivity index (χ4n) is 3.08. The second-order valence-corrected chi connectivity index (χ2v) is 6.86. The summed E-state index contributed by atoms with van der Waals surface area (Å²) >= 11 is 0. The predicted octanol–water partition coefficient (Wildman–Crippen LogP) is 3.52. The lowest BCUT2D eigenvalue weighted by atomic mass is 10.1. The molecule has 0 spiro atoms. The Morgan fingerprint density at radius 2 is 1.55 bits per heavy atom. The van der Waals surface area contributed by atoms with Gasteiger partial charge >= 0.3 is 0 Å². The molecule has 3 aromatic carbocycles. The van der Waals surface area contributed by atoms with Crippen molar-refractivity contribution < 1.29 is 4.74 Å². The van der Waals surface area contributed by atoms with Gasteiger partial charge in [-0.05, 0) is 83.9 Å². The molecule has 8 nitrogen and oxygen atoms in total. The minimum Gasteiger partial charge on any atom is -0.457 e. The average molecular weight is 411 g/mol. The quantitative estimate of drug-likeness (QED) is 0.187. The van der Waals surface area contributed by atoms with Crippen molar-refractivity contribution in [3.8, 4) is 22.8 Å². The van der Waals surface area contributed by atoms with E-state index in [-0.39, 0.29) is 11.8 Å². The number of rotatable bonds is 6. The first-order valence-corrected chi connectivity index (χ1v) is 9.45. The number of ether oxygens (including phenoxy) is 1. The zero-order valence-electron chi connectivity index (χ0n) is 16.5. The van der Waals surface area contributed by atoms with E-state index < -0.39 is 0 Å². The zero-order valence-corrected chi connectivity index (χ0v) is 16.5. The van der Waals surface area contributed by atoms with Crippen LogP contribution in [-0.2, 0) is 0 Å². The first-order valence-electron chi connectivity index (χ1n) is 9.45. The molecule has 1 heterocycles. The molecular formula is C23H21N7O. The molecule has 0 saturated heterocycles. The van der Waals surface area contributed by atoms with Crippen molar-refractivity contribution in [2.45, 2.75) is 0 Å². The van der Waals surface area contributed by atoms with Crippen LogP contribution < -0.4 is 21.9 Å². The van der Waals surface area contributed by atoms with Gasteiger partial charge in [0.05, 0.1) is 6.21 Å². The number of H-pyrrole nitrogens is 1. The van der Waals surface area contributed by atoms with E-state index in [0.29, 0.717) is 11.3 Å². The minimum absolute atomic E-state index is 0.0558. The van der Waals surface area contributed by atoms with E-state index in [1.807, 2.05) is 72.8 Å². The topological polar surface area (TPSA) is 152 Å². The number of nitrogen functional groups attached to an aromatic ring is 1. The Morgan fingerprint density at radius 3 is 2.19 bits per heavy atom. The average Bonchev–Trinajstić information content (AvgIpc) is 3.18. The molecule has 4 aromatic rings. The number of nitrogens with zero attached hydrogens (tertiary/aromatic N) is 2. The van der Waals surface area contributed by atoms with Crippen molar-refractivity contribution in [2.24, 2.45) is 27.4 Å². The second-order valence-electron chi connectivity index (χ2n) is 6.86. The van der Waals surface area contributed by atoms with Crippen LogP contribution in [0.5, 0.6) is 11.5 Å². The molecule has 0 amide bonds. The summed E-state index contributed by atoms with van der Waals surface area (Å²) in [5.41, 5.74) is 20.6. The van der Waals surface area contributed by atoms with Crippen molar-refractivity contribution >= 4 is 28.9 Å². The third kappa shape index (κ3) is 4.70. The Morgan fingerprint density at radius 1 is 0.871 bits per heavy atom. The molecule has 31 heavy (non-hydrogen) atoms. The van der Waals surface area contributed by atoms with E-state index in [4.69, 9.17) is 27.3 Å². The van der Waals surface area contributed by atoms with Crippen LogP contribution in [0, 0.1) is 5.41 Å². The number of fused-ring (bicyclic) bond motifs is 1. The molecule has 0 aliphatic rings. The molecule has 0 atom stereocenters. The molecule has 0 fully saturated rings. The summed E-state index contributed by atoms with van der Waals surface area (Å²) < 4.78 is 5.91. The normalized spacial score (nSPS) is 11.0. The lowest BCUT2D eigenvalue weighted by Gasteiger charge is -2.06. The predicted molar refractivity (Wildman–Crippen MR) is 125 cm³/mol. The van der Waals surface area contributed by atoms with Crippen molar-refractivity contribution in [3.05, 3.63) is 83.9 Å². The van der Waals surface area contributed by atoms with Gasteiger partial charge in [0.15, 0.2) is 0 Å². The highest BCUT2D eigenvalue weighted by molar-refractivity contribution is 5.99. The molecule has 4 rings (SSSR count). The number of benzene rings is 3. The summed E-state index contributed by atoms with van der Waals surface area (Å²) in [7, 11) is 0. The maximum absolute atomic E-state index is 7.59. The molecule has 0 saturated carbocycles. The van der Waals surface area contributed by atoms with Crippen molar-refractivity contribution in [3.63, 3.8) is 0 Å². The van der Waals surface area contributed by atoms with Crippen LogP contribution in [0.15, 0.2) is 83.0 Å². The molecule has 154 valence electrons. The number of hydrogen-bond donors (Lipinski definition) is 5. The summed E-state index contributed by atoms with van der Waals surface area (Å²) in [6, 6.07) is 22.9. The second kappa shape index (κ2) is 8.42. The fraction of sp³-hybridized carbons (Fsp3) is 0. The van der Waals surface area contributed by atoms with E-state index in [1.165, 1.54) is 0 Å². The van der Waals surface area contributed by atoms with Gasteiger partial charge in [-0.3, -0.25) is 5.41 Å². The lowest BCUT2D eigenvalue weighted by molar-refractivity contribution is 0.483. The van der Waals surface area contributed by atoms with Crippen LogP contribution in [0.2, 0.25) is 0 Å². The first kappa shape index (κ1) is 19.7. The highest BCUT2D eigenvalue weighted by atomic mass is 16.5. The number of nitrogens with two attached hydrogens (primary N) is 3. The zero-order chi connectivity index (χ0) is 21.8. The van der Waals surface area contributed by atoms with E-state index in [2.05, 4.69) is 15.2 Å². The molecule has 8 N–H and O–H groups in total. The van der Waals surface area contributed by atoms with E-state index in [0.717, 1.165) is 33.5 Å².